The van der Waals surface area contributed by atoms with E-state index in [1.54, 1.807) is 0 Å². The molecular weight excluding hydrogens is 750 g/mol. The minimum atomic E-state index is -3.19. The van der Waals surface area contributed by atoms with E-state index in [1.807, 2.05) is 115 Å². The van der Waals surface area contributed by atoms with Crippen molar-refractivity contribution in [3.63, 3.8) is 0 Å². The fourth-order valence-corrected chi connectivity index (χ4v) is 11.3. The van der Waals surface area contributed by atoms with E-state index in [0.29, 0.717) is 0 Å². The van der Waals surface area contributed by atoms with Gasteiger partial charge in [0.1, 0.15) is 0 Å². The molecule has 282 valence electrons. The van der Waals surface area contributed by atoms with Gasteiger partial charge in [-0.1, -0.05) is 206 Å². The van der Waals surface area contributed by atoms with Crippen molar-refractivity contribution in [2.24, 2.45) is 0 Å². The smallest absolute Gasteiger partial charge is 0.171 e. The number of benzene rings is 9. The zero-order chi connectivity index (χ0) is 40.0. The maximum Gasteiger partial charge on any atom is 0.171 e. The molecule has 0 radical (unpaired) electrons. The first-order valence-electron chi connectivity index (χ1n) is 20.1. The van der Waals surface area contributed by atoms with Gasteiger partial charge in [-0.25, -0.2) is 15.0 Å². The highest BCUT2D eigenvalue weighted by atomic mass is 31.2. The zero-order valence-corrected chi connectivity index (χ0v) is 33.4. The Balaban J connectivity index is 1.26. The van der Waals surface area contributed by atoms with Gasteiger partial charge >= 0.3 is 0 Å². The summed E-state index contributed by atoms with van der Waals surface area (Å²) < 4.78 is 15.4. The van der Waals surface area contributed by atoms with Crippen LogP contribution < -0.4 is 15.9 Å². The number of fused-ring (bicyclic) bond motifs is 6. The summed E-state index contributed by atoms with van der Waals surface area (Å²) in [5.41, 5.74) is 9.88. The summed E-state index contributed by atoms with van der Waals surface area (Å²) in [6.45, 7) is 0. The summed E-state index contributed by atoms with van der Waals surface area (Å²) in [7, 11) is -3.19. The first kappa shape index (κ1) is 35.6. The second kappa shape index (κ2) is 14.7. The molecule has 0 N–H and O–H groups in total. The SMILES string of the molecule is O=P(c1ccccc1)(c1ccccc1)c1ccc(-c2cc3nc(-c4ccccc4)c(-c4ccccc4)nc3c3c(-c4cccc5ccccc45)nc4ccccc4c23)cc1. The maximum atomic E-state index is 15.4. The molecule has 2 heterocycles. The molecule has 11 rings (SSSR count). The molecule has 0 aliphatic carbocycles. The molecular formula is C55H36N3OP. The highest BCUT2D eigenvalue weighted by Crippen LogP contribution is 2.46. The Kier molecular flexibility index (Phi) is 8.73. The molecule has 0 bridgehead atoms. The highest BCUT2D eigenvalue weighted by Gasteiger charge is 2.30. The van der Waals surface area contributed by atoms with E-state index in [-0.39, 0.29) is 0 Å². The Hall–Kier alpha value is -7.52. The van der Waals surface area contributed by atoms with Crippen molar-refractivity contribution in [3.05, 3.63) is 218 Å². The molecule has 11 aromatic rings. The monoisotopic (exact) mass is 785 g/mol. The molecule has 9 aromatic carbocycles. The largest absolute Gasteiger partial charge is 0.309 e. The lowest BCUT2D eigenvalue weighted by Crippen LogP contribution is -2.24. The fraction of sp³-hybridized carbons (Fsp3) is 0. The number of rotatable bonds is 7. The zero-order valence-electron chi connectivity index (χ0n) is 32.5. The minimum Gasteiger partial charge on any atom is -0.309 e. The predicted molar refractivity (Wildman–Crippen MR) is 251 cm³/mol. The molecule has 5 heteroatoms. The van der Waals surface area contributed by atoms with E-state index in [0.717, 1.165) is 104 Å². The molecule has 0 unspecified atom stereocenters. The topological polar surface area (TPSA) is 55.7 Å². The van der Waals surface area contributed by atoms with Crippen LogP contribution in [0.3, 0.4) is 0 Å². The van der Waals surface area contributed by atoms with Gasteiger partial charge in [-0.05, 0) is 34.0 Å². The van der Waals surface area contributed by atoms with Gasteiger partial charge in [0, 0.05) is 48.8 Å². The van der Waals surface area contributed by atoms with Crippen LogP contribution >= 0.6 is 7.14 Å². The molecule has 0 amide bonds. The van der Waals surface area contributed by atoms with Gasteiger partial charge < -0.3 is 4.57 Å². The lowest BCUT2D eigenvalue weighted by molar-refractivity contribution is 0.592. The van der Waals surface area contributed by atoms with Gasteiger partial charge in [0.2, 0.25) is 0 Å². The molecule has 0 spiro atoms. The van der Waals surface area contributed by atoms with Crippen molar-refractivity contribution in [3.8, 4) is 44.9 Å². The van der Waals surface area contributed by atoms with Crippen LogP contribution in [0.4, 0.5) is 0 Å². The summed E-state index contributed by atoms with van der Waals surface area (Å²) in [6.07, 6.45) is 0. The summed E-state index contributed by atoms with van der Waals surface area (Å²) in [5, 5.41) is 7.62. The summed E-state index contributed by atoms with van der Waals surface area (Å²) in [5.74, 6) is 0. The van der Waals surface area contributed by atoms with Crippen molar-refractivity contribution >= 4 is 66.5 Å². The van der Waals surface area contributed by atoms with Crippen molar-refractivity contribution in [1.82, 2.24) is 15.0 Å². The standard InChI is InChI=1S/C55H36N3OP/c59-60(41-24-9-3-10-25-41,42-26-11-4-12-27-42)43-34-32-38(33-35-43)47-36-49-55(58-53(40-21-7-2-8-22-40)52(57-49)39-19-5-1-6-20-39)51-50(47)46-29-15-16-31-48(46)56-54(51)45-30-17-23-37-18-13-14-28-44(37)45/h1-36H. The number of hydrogen-bond donors (Lipinski definition) is 0. The van der Waals surface area contributed by atoms with Gasteiger partial charge in [0.05, 0.1) is 33.6 Å². The van der Waals surface area contributed by atoms with Crippen molar-refractivity contribution in [2.75, 3.05) is 0 Å². The number of nitrogens with zero attached hydrogens (tertiary/aromatic N) is 3. The fourth-order valence-electron chi connectivity index (χ4n) is 8.69. The third-order valence-corrected chi connectivity index (χ3v) is 14.6. The first-order valence-corrected chi connectivity index (χ1v) is 21.8. The van der Waals surface area contributed by atoms with Crippen LogP contribution in [-0.4, -0.2) is 15.0 Å². The Bertz CT molecular complexity index is 3380. The Labute approximate surface area is 347 Å². The van der Waals surface area contributed by atoms with Crippen LogP contribution in [-0.2, 0) is 4.57 Å². The van der Waals surface area contributed by atoms with Crippen LogP contribution in [0.15, 0.2) is 218 Å². The number of para-hydroxylation sites is 1. The first-order chi connectivity index (χ1) is 29.6. The van der Waals surface area contributed by atoms with E-state index in [1.165, 1.54) is 0 Å². The molecule has 60 heavy (non-hydrogen) atoms. The molecule has 0 atom stereocenters. The van der Waals surface area contributed by atoms with E-state index in [4.69, 9.17) is 15.0 Å². The predicted octanol–water partition coefficient (Wildman–Crippen LogP) is 12.8. The van der Waals surface area contributed by atoms with E-state index < -0.39 is 7.14 Å². The lowest BCUT2D eigenvalue weighted by Gasteiger charge is -2.21. The van der Waals surface area contributed by atoms with Crippen molar-refractivity contribution < 1.29 is 4.57 Å². The minimum absolute atomic E-state index is 0.762. The van der Waals surface area contributed by atoms with Gasteiger partial charge in [0.15, 0.2) is 7.14 Å². The van der Waals surface area contributed by atoms with Crippen LogP contribution in [0.1, 0.15) is 0 Å². The van der Waals surface area contributed by atoms with Crippen molar-refractivity contribution in [2.45, 2.75) is 0 Å². The molecule has 0 saturated carbocycles. The van der Waals surface area contributed by atoms with Crippen molar-refractivity contribution in [1.29, 1.82) is 0 Å². The quantitative estimate of drug-likeness (QED) is 0.119. The average Bonchev–Trinajstić information content (AvgIpc) is 3.33. The Morgan fingerprint density at radius 2 is 0.833 bits per heavy atom. The molecule has 2 aromatic heterocycles. The average molecular weight is 786 g/mol. The van der Waals surface area contributed by atoms with Crippen LogP contribution in [0.2, 0.25) is 0 Å². The lowest BCUT2D eigenvalue weighted by atomic mass is 9.90. The van der Waals surface area contributed by atoms with Gasteiger partial charge in [-0.3, -0.25) is 0 Å². The summed E-state index contributed by atoms with van der Waals surface area (Å²) >= 11 is 0. The third-order valence-electron chi connectivity index (χ3n) is 11.5. The highest BCUT2D eigenvalue weighted by molar-refractivity contribution is 7.85. The van der Waals surface area contributed by atoms with Gasteiger partial charge in [0.25, 0.3) is 0 Å². The molecule has 0 saturated heterocycles. The van der Waals surface area contributed by atoms with E-state index in [9.17, 15) is 0 Å². The molecule has 0 fully saturated rings. The maximum absolute atomic E-state index is 15.4. The van der Waals surface area contributed by atoms with E-state index >= 15 is 4.57 Å². The Morgan fingerprint density at radius 3 is 1.48 bits per heavy atom. The third kappa shape index (κ3) is 5.92. The normalized spacial score (nSPS) is 11.7. The molecule has 0 aliphatic rings. The second-order valence-corrected chi connectivity index (χ2v) is 17.8. The van der Waals surface area contributed by atoms with Gasteiger partial charge in [-0.15, -0.1) is 0 Å². The van der Waals surface area contributed by atoms with Gasteiger partial charge in [-0.2, -0.15) is 0 Å². The molecule has 0 aliphatic heterocycles. The molecule has 4 nitrogen and oxygen atoms in total. The van der Waals surface area contributed by atoms with Crippen LogP contribution in [0.25, 0.3) is 88.4 Å². The number of aromatic nitrogens is 3. The number of hydrogen-bond acceptors (Lipinski definition) is 4. The van der Waals surface area contributed by atoms with E-state index in [2.05, 4.69) is 103 Å². The van der Waals surface area contributed by atoms with Crippen LogP contribution in [0.5, 0.6) is 0 Å². The second-order valence-electron chi connectivity index (χ2n) is 15.0. The van der Waals surface area contributed by atoms with Crippen LogP contribution in [0, 0.1) is 0 Å². The Morgan fingerprint density at radius 1 is 0.333 bits per heavy atom. The summed E-state index contributed by atoms with van der Waals surface area (Å²) in [6, 6.07) is 74.1. The summed E-state index contributed by atoms with van der Waals surface area (Å²) in [4.78, 5) is 16.7. The number of pyridine rings is 1.